The molecule has 0 aliphatic heterocycles. The zero-order valence-corrected chi connectivity index (χ0v) is 85.4. The van der Waals surface area contributed by atoms with Gasteiger partial charge in [0.25, 0.3) is 0 Å². The van der Waals surface area contributed by atoms with Crippen molar-refractivity contribution in [1.82, 2.24) is 39.9 Å². The molecule has 12 aromatic carbocycles. The Morgan fingerprint density at radius 2 is 0.587 bits per heavy atom. The fourth-order valence-electron chi connectivity index (χ4n) is 14.2. The second-order valence-corrected chi connectivity index (χ2v) is 31.0. The van der Waals surface area contributed by atoms with Crippen LogP contribution in [0.4, 0.5) is 0 Å². The van der Waals surface area contributed by atoms with Gasteiger partial charge >= 0.3 is 0 Å². The minimum atomic E-state index is -2.43. The van der Waals surface area contributed by atoms with E-state index in [9.17, 15) is 0 Å². The number of benzene rings is 12. The van der Waals surface area contributed by atoms with E-state index in [0.717, 1.165) is 134 Å². The van der Waals surface area contributed by atoms with Crippen LogP contribution >= 0.6 is 0 Å². The van der Waals surface area contributed by atoms with Gasteiger partial charge in [0.2, 0.25) is 0 Å². The molecule has 1 unspecified atom stereocenters. The fourth-order valence-corrected chi connectivity index (χ4v) is 14.2. The Balaban J connectivity index is 0.000000167. The van der Waals surface area contributed by atoms with E-state index in [2.05, 4.69) is 158 Å². The molecular formula is C124H100Ir4N8O2-8. The van der Waals surface area contributed by atoms with Crippen molar-refractivity contribution < 1.29 is 111 Å². The van der Waals surface area contributed by atoms with E-state index in [1.165, 1.54) is 76.9 Å². The van der Waals surface area contributed by atoms with Crippen LogP contribution in [0, 0.1) is 111 Å². The summed E-state index contributed by atoms with van der Waals surface area (Å²) in [5, 5.41) is 4.21. The summed E-state index contributed by atoms with van der Waals surface area (Å²) in [5.41, 5.74) is 28.2. The quantitative estimate of drug-likeness (QED) is 0.115. The van der Waals surface area contributed by atoms with E-state index >= 15 is 0 Å². The van der Waals surface area contributed by atoms with Crippen molar-refractivity contribution in [2.45, 2.75) is 81.7 Å². The largest absolute Gasteiger partial charge is 0.476 e. The summed E-state index contributed by atoms with van der Waals surface area (Å²) in [7, 11) is 0. The minimum absolute atomic E-state index is 0. The summed E-state index contributed by atoms with van der Waals surface area (Å²) in [6, 6.07) is 137. The molecule has 0 saturated carbocycles. The molecule has 0 N–H and O–H groups in total. The van der Waals surface area contributed by atoms with Crippen molar-refractivity contribution in [3.8, 4) is 112 Å². The van der Waals surface area contributed by atoms with Gasteiger partial charge in [0.15, 0.2) is 0 Å². The number of hydrogen-bond donors (Lipinski definition) is 0. The Kier molecular flexibility index (Phi) is 31.7. The SMILES string of the molecule is Cc1cc(-c2[c-]cccc2)ncc1-c1ccccc1.Cc1cc(-c2[c-]cccc2)ncc1-c1ccccc1.Cc1ccnc(-c2[c-]cc3c(c2)oc2ccccc23)c1.[2H]C([2H])([2H])C([2H])(C)c1ccnc(-c2[c-]cc3c(c2)oc2ccccc23)c1.[2H]C([2H])([2H])c1ccc(-c2[c-]cccc2)nc1.[2H]C([2H])([2H])c1ccc(-c2[c-]cccc2)nc1.[2H]C([2H])([2H])c1cnc(-c2[c-]cccc2)cc1C.[2H]C([2H])([2H])c1cnc(-c2[c-]cccc2)cc1C.[Ir].[Ir].[Ir].[Ir]. The van der Waals surface area contributed by atoms with E-state index in [1.807, 2.05) is 261 Å². The maximum absolute atomic E-state index is 8.26. The van der Waals surface area contributed by atoms with Crippen LogP contribution in [0.3, 0.4) is 0 Å². The molecular weight excluding hydrogens is 2400 g/mol. The smallest absolute Gasteiger partial charge is 0.123 e. The molecule has 1 atom stereocenters. The average molecular weight is 2520 g/mol. The molecule has 10 nitrogen and oxygen atoms in total. The van der Waals surface area contributed by atoms with Crippen molar-refractivity contribution in [1.29, 1.82) is 0 Å². The normalized spacial score (nSPS) is 12.9. The van der Waals surface area contributed by atoms with E-state index in [-0.39, 0.29) is 91.5 Å². The monoisotopic (exact) mass is 2520 g/mol. The molecule has 138 heavy (non-hydrogen) atoms. The predicted molar refractivity (Wildman–Crippen MR) is 550 cm³/mol. The molecule has 0 saturated heterocycles. The third-order valence-electron chi connectivity index (χ3n) is 21.3. The number of hydrogen-bond acceptors (Lipinski definition) is 10. The van der Waals surface area contributed by atoms with Gasteiger partial charge in [0.05, 0.1) is 11.2 Å². The standard InChI is InChI=1S/C20H16NO.C18H12NO.2C18H14N.2C13H12N.2C12H10N.4Ir/c1-13(2)14-9-10-21-18(11-14)15-7-8-17-16-5-3-4-6-19(16)22-20(17)12-15;1-12-8-9-19-16(10-12)13-6-7-15-14-4-2-3-5-17(14)20-18(15)11-13;2*1-14-12-18(16-10-6-3-7-11-16)19-13-17(14)15-8-4-2-5-9-15;2*1-10-8-13(14-9-11(10)2)12-6-4-3-5-7-12;2*1-10-7-8-12(13-9-10)11-5-3-2-4-6-11;;;;/h3-6,8-13H,1-2H3;2-5,7-11H,1H3;2*2-10,12-13H,1H3;2*3-6,8-9H,1-2H3;2*2-5,7-9H,1H3;;;;/q8*-1;;;;/i1D3,13D;;;;2*2D3;2*1D3;;;;. The van der Waals surface area contributed by atoms with Crippen LogP contribution in [0.5, 0.6) is 0 Å². The predicted octanol–water partition coefficient (Wildman–Crippen LogP) is 31.4. The molecule has 0 aliphatic carbocycles. The Morgan fingerprint density at radius 1 is 0.254 bits per heavy atom. The molecule has 0 spiro atoms. The Labute approximate surface area is 887 Å². The van der Waals surface area contributed by atoms with Crippen molar-refractivity contribution in [3.05, 3.63) is 506 Å². The third kappa shape index (κ3) is 28.6. The first-order valence-corrected chi connectivity index (χ1v) is 43.2. The average Bonchev–Trinajstić information content (AvgIpc) is 1.58. The van der Waals surface area contributed by atoms with E-state index in [4.69, 9.17) is 30.8 Å². The number of aromatic nitrogens is 8. The maximum Gasteiger partial charge on any atom is 0.123 e. The number of fused-ring (bicyclic) bond motifs is 6. The van der Waals surface area contributed by atoms with Gasteiger partial charge in [0, 0.05) is 163 Å². The number of aryl methyl sites for hydroxylation is 9. The van der Waals surface area contributed by atoms with Crippen LogP contribution in [-0.4, -0.2) is 39.9 Å². The van der Waals surface area contributed by atoms with Crippen LogP contribution in [0.15, 0.2) is 410 Å². The maximum atomic E-state index is 8.26. The zero-order chi connectivity index (χ0) is 106. The van der Waals surface area contributed by atoms with Crippen molar-refractivity contribution in [2.24, 2.45) is 0 Å². The molecule has 0 amide bonds. The number of para-hydroxylation sites is 2. The summed E-state index contributed by atoms with van der Waals surface area (Å²) in [6.07, 6.45) is 12.9. The van der Waals surface area contributed by atoms with Gasteiger partial charge in [-0.15, -0.1) is 251 Å². The van der Waals surface area contributed by atoms with Gasteiger partial charge in [-0.2, -0.15) is 0 Å². The third-order valence-corrected chi connectivity index (χ3v) is 21.3. The summed E-state index contributed by atoms with van der Waals surface area (Å²) >= 11 is 0. The first kappa shape index (κ1) is 83.4. The number of pyridine rings is 8. The van der Waals surface area contributed by atoms with Crippen molar-refractivity contribution in [2.75, 3.05) is 0 Å². The first-order valence-electron chi connectivity index (χ1n) is 51.2. The Hall–Kier alpha value is -14.0. The van der Waals surface area contributed by atoms with Crippen LogP contribution in [0.2, 0.25) is 0 Å². The van der Waals surface area contributed by atoms with Crippen molar-refractivity contribution >= 4 is 43.9 Å². The van der Waals surface area contributed by atoms with Crippen LogP contribution < -0.4 is 0 Å². The van der Waals surface area contributed by atoms with Gasteiger partial charge in [0.1, 0.15) is 11.2 Å². The van der Waals surface area contributed by atoms with E-state index in [0.29, 0.717) is 27.9 Å². The van der Waals surface area contributed by atoms with Crippen LogP contribution in [0.1, 0.15) is 97.2 Å². The van der Waals surface area contributed by atoms with Crippen LogP contribution in [0.25, 0.3) is 156 Å². The molecule has 10 heterocycles. The van der Waals surface area contributed by atoms with Crippen LogP contribution in [-0.2, 0) is 80.4 Å². The zero-order valence-electron chi connectivity index (χ0n) is 91.8. The number of furan rings is 2. The Morgan fingerprint density at radius 3 is 0.920 bits per heavy atom. The number of nitrogens with zero attached hydrogens (tertiary/aromatic N) is 8. The fraction of sp³-hybridized carbons (Fsp3) is 0.0968. The summed E-state index contributed by atoms with van der Waals surface area (Å²) in [4.78, 5) is 34.5. The van der Waals surface area contributed by atoms with Gasteiger partial charge in [-0.25, -0.2) is 0 Å². The topological polar surface area (TPSA) is 129 Å². The molecule has 10 aromatic heterocycles. The molecule has 0 bridgehead atoms. The van der Waals surface area contributed by atoms with Crippen molar-refractivity contribution in [3.63, 3.8) is 0 Å². The van der Waals surface area contributed by atoms with E-state index in [1.54, 1.807) is 74.5 Å². The number of rotatable bonds is 11. The second kappa shape index (κ2) is 52.4. The molecule has 22 aromatic rings. The molecule has 22 rings (SSSR count). The minimum Gasteiger partial charge on any atom is -0.476 e. The summed E-state index contributed by atoms with van der Waals surface area (Å²) < 4.78 is 131. The van der Waals surface area contributed by atoms with E-state index < -0.39 is 40.2 Å². The van der Waals surface area contributed by atoms with Gasteiger partial charge in [-0.3, -0.25) is 0 Å². The summed E-state index contributed by atoms with van der Waals surface area (Å²) in [5.74, 6) is -1.71. The molecule has 0 aliphatic rings. The molecule has 692 valence electrons. The van der Waals surface area contributed by atoms with Gasteiger partial charge < -0.3 is 48.7 Å². The summed E-state index contributed by atoms with van der Waals surface area (Å²) in [6.45, 7) is 0.455. The molecule has 0 fully saturated rings. The van der Waals surface area contributed by atoms with Gasteiger partial charge in [-0.05, 0) is 193 Å². The Bertz CT molecular complexity index is 7920. The molecule has 14 heteroatoms. The second-order valence-electron chi connectivity index (χ2n) is 31.0. The van der Waals surface area contributed by atoms with Gasteiger partial charge in [-0.1, -0.05) is 217 Å². The molecule has 4 radical (unpaired) electrons. The first-order chi connectivity index (χ1) is 71.9.